The van der Waals surface area contributed by atoms with Gasteiger partial charge < -0.3 is 9.84 Å². The number of hydrogen-bond acceptors (Lipinski definition) is 4. The van der Waals surface area contributed by atoms with E-state index < -0.39 is 17.8 Å². The number of amides is 2. The van der Waals surface area contributed by atoms with Crippen molar-refractivity contribution in [2.24, 2.45) is 0 Å². The van der Waals surface area contributed by atoms with Crippen molar-refractivity contribution < 1.29 is 24.2 Å². The van der Waals surface area contributed by atoms with Gasteiger partial charge in [0.15, 0.2) is 0 Å². The molecule has 1 N–H and O–H groups in total. The van der Waals surface area contributed by atoms with Gasteiger partial charge in [-0.3, -0.25) is 9.59 Å². The number of carboxylic acid groups (broad SMARTS) is 1. The Morgan fingerprint density at radius 1 is 1.28 bits per heavy atom. The minimum absolute atomic E-state index is 0.00481. The Labute approximate surface area is 107 Å². The summed E-state index contributed by atoms with van der Waals surface area (Å²) in [5, 5.41) is 9.27. The van der Waals surface area contributed by atoms with Gasteiger partial charge in [0.25, 0.3) is 11.8 Å². The number of carboxylic acids is 1. The molecule has 1 aliphatic heterocycles. The molecule has 94 valence electrons. The van der Waals surface area contributed by atoms with Gasteiger partial charge in [0.2, 0.25) is 0 Å². The molecule has 2 rings (SSSR count). The van der Waals surface area contributed by atoms with Gasteiger partial charge in [-0.2, -0.15) is 0 Å². The van der Waals surface area contributed by atoms with Crippen LogP contribution in [0.4, 0.5) is 5.69 Å². The van der Waals surface area contributed by atoms with E-state index in [1.807, 2.05) is 0 Å². The molecule has 0 saturated carbocycles. The number of benzene rings is 1. The molecule has 0 radical (unpaired) electrons. The van der Waals surface area contributed by atoms with E-state index >= 15 is 0 Å². The van der Waals surface area contributed by atoms with Crippen molar-refractivity contribution in [1.82, 2.24) is 0 Å². The molecule has 7 heteroatoms. The van der Waals surface area contributed by atoms with Gasteiger partial charge in [0.05, 0.1) is 11.3 Å². The Morgan fingerprint density at radius 2 is 1.89 bits per heavy atom. The Morgan fingerprint density at radius 3 is 2.44 bits per heavy atom. The van der Waals surface area contributed by atoms with Crippen molar-refractivity contribution in [2.45, 2.75) is 0 Å². The smallest absolute Gasteiger partial charge is 0.337 e. The standard InChI is InChI=1S/C11H8ClNO5/c12-6-1-2-8(7(3-6)11(16)17)13-9(14)4-18-5-10(13)15/h1-3H,4-5H2,(H,16,17). The summed E-state index contributed by atoms with van der Waals surface area (Å²) < 4.78 is 4.76. The number of carbonyl (C=O) groups is 3. The summed E-state index contributed by atoms with van der Waals surface area (Å²) in [4.78, 5) is 35.1. The minimum Gasteiger partial charge on any atom is -0.478 e. The number of aromatic carboxylic acids is 1. The van der Waals surface area contributed by atoms with Gasteiger partial charge in [-0.1, -0.05) is 11.6 Å². The summed E-state index contributed by atoms with van der Waals surface area (Å²) in [7, 11) is 0. The maximum atomic E-state index is 11.6. The van der Waals surface area contributed by atoms with Crippen LogP contribution in [0.5, 0.6) is 0 Å². The van der Waals surface area contributed by atoms with E-state index in [1.165, 1.54) is 18.2 Å². The first kappa shape index (κ1) is 12.5. The highest BCUT2D eigenvalue weighted by molar-refractivity contribution is 6.31. The van der Waals surface area contributed by atoms with Gasteiger partial charge in [-0.25, -0.2) is 9.69 Å². The molecule has 1 fully saturated rings. The van der Waals surface area contributed by atoms with E-state index in [1.54, 1.807) is 0 Å². The highest BCUT2D eigenvalue weighted by atomic mass is 35.5. The summed E-state index contributed by atoms with van der Waals surface area (Å²) in [6.07, 6.45) is 0. The maximum Gasteiger partial charge on any atom is 0.337 e. The van der Waals surface area contributed by atoms with Crippen LogP contribution in [-0.2, 0) is 14.3 Å². The van der Waals surface area contributed by atoms with Gasteiger partial charge in [-0.05, 0) is 18.2 Å². The molecule has 18 heavy (non-hydrogen) atoms. The SMILES string of the molecule is O=C(O)c1cc(Cl)ccc1N1C(=O)COCC1=O. The molecule has 6 nitrogen and oxygen atoms in total. The van der Waals surface area contributed by atoms with E-state index in [4.69, 9.17) is 21.4 Å². The highest BCUT2D eigenvalue weighted by Gasteiger charge is 2.31. The maximum absolute atomic E-state index is 11.6. The molecule has 2 amide bonds. The van der Waals surface area contributed by atoms with Crippen molar-refractivity contribution >= 4 is 35.1 Å². The molecule has 0 aromatic heterocycles. The molecule has 1 aliphatic rings. The average molecular weight is 270 g/mol. The normalized spacial score (nSPS) is 15.9. The number of anilines is 1. The number of rotatable bonds is 2. The van der Waals surface area contributed by atoms with Crippen LogP contribution in [0, 0.1) is 0 Å². The third kappa shape index (κ3) is 2.20. The van der Waals surface area contributed by atoms with Crippen molar-refractivity contribution in [1.29, 1.82) is 0 Å². The lowest BCUT2D eigenvalue weighted by Crippen LogP contribution is -2.47. The predicted octanol–water partition coefficient (Wildman–Crippen LogP) is 0.928. The predicted molar refractivity (Wildman–Crippen MR) is 61.7 cm³/mol. The van der Waals surface area contributed by atoms with Crippen LogP contribution >= 0.6 is 11.6 Å². The van der Waals surface area contributed by atoms with Gasteiger partial charge in [0, 0.05) is 5.02 Å². The molecule has 0 aliphatic carbocycles. The molecular formula is C11H8ClNO5. The summed E-state index contributed by atoms with van der Waals surface area (Å²) >= 11 is 5.70. The zero-order chi connectivity index (χ0) is 13.3. The molecule has 1 saturated heterocycles. The monoisotopic (exact) mass is 269 g/mol. The second kappa shape index (κ2) is 4.75. The lowest BCUT2D eigenvalue weighted by Gasteiger charge is -2.26. The molecule has 1 heterocycles. The number of carbonyl (C=O) groups excluding carboxylic acids is 2. The van der Waals surface area contributed by atoms with Crippen molar-refractivity contribution in [3.8, 4) is 0 Å². The van der Waals surface area contributed by atoms with Gasteiger partial charge in [0.1, 0.15) is 13.2 Å². The second-order valence-electron chi connectivity index (χ2n) is 3.58. The van der Waals surface area contributed by atoms with Gasteiger partial charge >= 0.3 is 5.97 Å². The number of hydrogen-bond donors (Lipinski definition) is 1. The third-order valence-corrected chi connectivity index (χ3v) is 2.61. The van der Waals surface area contributed by atoms with Crippen molar-refractivity contribution in [3.05, 3.63) is 28.8 Å². The zero-order valence-electron chi connectivity index (χ0n) is 9.05. The van der Waals surface area contributed by atoms with Crippen molar-refractivity contribution in [3.63, 3.8) is 0 Å². The number of morpholine rings is 1. The highest BCUT2D eigenvalue weighted by Crippen LogP contribution is 2.26. The molecule has 1 aromatic rings. The van der Waals surface area contributed by atoms with E-state index in [0.29, 0.717) is 0 Å². The Kier molecular flexibility index (Phi) is 3.31. The van der Waals surface area contributed by atoms with Crippen LogP contribution in [-0.4, -0.2) is 36.1 Å². The lowest BCUT2D eigenvalue weighted by molar-refractivity contribution is -0.138. The Hall–Kier alpha value is -1.92. The number of ether oxygens (including phenoxy) is 1. The first-order chi connectivity index (χ1) is 8.50. The van der Waals surface area contributed by atoms with Crippen LogP contribution in [0.3, 0.4) is 0 Å². The largest absolute Gasteiger partial charge is 0.478 e. The van der Waals surface area contributed by atoms with Crippen LogP contribution in [0.1, 0.15) is 10.4 Å². The Balaban J connectivity index is 2.52. The third-order valence-electron chi connectivity index (χ3n) is 2.38. The van der Waals surface area contributed by atoms with E-state index in [-0.39, 0.29) is 29.5 Å². The molecule has 0 spiro atoms. The van der Waals surface area contributed by atoms with E-state index in [2.05, 4.69) is 0 Å². The van der Waals surface area contributed by atoms with Crippen LogP contribution in [0.15, 0.2) is 18.2 Å². The van der Waals surface area contributed by atoms with Gasteiger partial charge in [-0.15, -0.1) is 0 Å². The number of halogens is 1. The molecule has 0 unspecified atom stereocenters. The summed E-state index contributed by atoms with van der Waals surface area (Å²) in [6.45, 7) is -0.513. The molecular weight excluding hydrogens is 262 g/mol. The molecule has 0 atom stereocenters. The lowest BCUT2D eigenvalue weighted by atomic mass is 10.1. The minimum atomic E-state index is -1.26. The van der Waals surface area contributed by atoms with E-state index in [0.717, 1.165) is 4.90 Å². The summed E-state index contributed by atoms with van der Waals surface area (Å²) in [5.74, 6) is -2.47. The topological polar surface area (TPSA) is 83.9 Å². The summed E-state index contributed by atoms with van der Waals surface area (Å²) in [5.41, 5.74) is -0.198. The quantitative estimate of drug-likeness (QED) is 0.808. The first-order valence-corrected chi connectivity index (χ1v) is 5.35. The van der Waals surface area contributed by atoms with Crippen molar-refractivity contribution in [2.75, 3.05) is 18.1 Å². The Bertz CT molecular complexity index is 526. The van der Waals surface area contributed by atoms with Crippen LogP contribution < -0.4 is 4.90 Å². The summed E-state index contributed by atoms with van der Waals surface area (Å²) in [6, 6.07) is 3.93. The molecule has 0 bridgehead atoms. The fraction of sp³-hybridized carbons (Fsp3) is 0.182. The second-order valence-corrected chi connectivity index (χ2v) is 4.02. The fourth-order valence-corrected chi connectivity index (χ4v) is 1.81. The average Bonchev–Trinajstić information content (AvgIpc) is 2.30. The first-order valence-electron chi connectivity index (χ1n) is 4.97. The van der Waals surface area contributed by atoms with Crippen LogP contribution in [0.25, 0.3) is 0 Å². The number of imide groups is 1. The number of nitrogens with zero attached hydrogens (tertiary/aromatic N) is 1. The molecule has 1 aromatic carbocycles. The fourth-order valence-electron chi connectivity index (χ4n) is 1.64. The van der Waals surface area contributed by atoms with Crippen LogP contribution in [0.2, 0.25) is 5.02 Å². The van der Waals surface area contributed by atoms with E-state index in [9.17, 15) is 14.4 Å². The zero-order valence-corrected chi connectivity index (χ0v) is 9.81.